The molecule has 0 aromatic carbocycles. The van der Waals surface area contributed by atoms with E-state index in [1.165, 1.54) is 0 Å². The van der Waals surface area contributed by atoms with E-state index in [0.29, 0.717) is 0 Å². The van der Waals surface area contributed by atoms with E-state index in [0.717, 1.165) is 0 Å². The van der Waals surface area contributed by atoms with Gasteiger partial charge in [0.25, 0.3) is 0 Å². The van der Waals surface area contributed by atoms with E-state index in [1.807, 2.05) is 0 Å². The third-order valence-corrected chi connectivity index (χ3v) is 2.23. The molecule has 0 bridgehead atoms. The molecule has 0 N–H and O–H groups in total. The molecule has 22 heavy (non-hydrogen) atoms. The lowest BCUT2D eigenvalue weighted by molar-refractivity contribution is -0.434. The molecule has 0 nitrogen and oxygen atoms in total. The minimum Gasteiger partial charge on any atom is -0.219 e. The van der Waals surface area contributed by atoms with Gasteiger partial charge in [-0.05, 0) is 0 Å². The van der Waals surface area contributed by atoms with Crippen LogP contribution in [0, 0.1) is 6.43 Å². The molecule has 0 aromatic heterocycles. The summed E-state index contributed by atoms with van der Waals surface area (Å²) in [5, 5.41) is 0. The first-order chi connectivity index (χ1) is 9.19. The third-order valence-electron chi connectivity index (χ3n) is 2.23. The van der Waals surface area contributed by atoms with Crippen molar-refractivity contribution in [3.05, 3.63) is 6.43 Å². The van der Waals surface area contributed by atoms with E-state index in [9.17, 15) is 65.9 Å². The van der Waals surface area contributed by atoms with Crippen molar-refractivity contribution in [3.63, 3.8) is 0 Å². The van der Waals surface area contributed by atoms with Crippen molar-refractivity contribution < 1.29 is 65.9 Å². The summed E-state index contributed by atoms with van der Waals surface area (Å²) in [6.07, 6.45) is -20.4. The van der Waals surface area contributed by atoms with Crippen molar-refractivity contribution >= 4 is 0 Å². The van der Waals surface area contributed by atoms with Gasteiger partial charge in [-0.15, -0.1) is 0 Å². The van der Waals surface area contributed by atoms with Crippen LogP contribution in [0.3, 0.4) is 0 Å². The number of hydrogen-bond donors (Lipinski definition) is 0. The maximum atomic E-state index is 12.8. The molecule has 1 atom stereocenters. The van der Waals surface area contributed by atoms with Crippen LogP contribution in [0.15, 0.2) is 0 Å². The monoisotopic (exact) mass is 369 g/mol. The van der Waals surface area contributed by atoms with Crippen LogP contribution in [0.2, 0.25) is 0 Å². The molecule has 0 heterocycles. The van der Waals surface area contributed by atoms with Crippen LogP contribution in [0.4, 0.5) is 65.9 Å². The molecule has 0 aliphatic carbocycles. The Morgan fingerprint density at radius 1 is 0.409 bits per heavy atom. The zero-order chi connectivity index (χ0) is 18.6. The number of rotatable bonds is 4. The minimum absolute atomic E-state index is 5.18. The lowest BCUT2D eigenvalue weighted by Crippen LogP contribution is -2.71. The Bertz CT molecular complexity index is 399. The van der Waals surface area contributed by atoms with E-state index < -0.39 is 42.2 Å². The highest BCUT2D eigenvalue weighted by Crippen LogP contribution is 2.62. The SMILES string of the molecule is F[C](F)C(F)(C(F)(F)F)C(F)(F)C(F)(F)C(F)(F)C(F)(F)F. The standard InChI is InChI=1S/C7F15/c8-1(9)2(10,6(17,18)19)3(11,12)4(13,14)5(15,16)7(20,21)22. The Hall–Kier alpha value is -1.05. The van der Waals surface area contributed by atoms with Gasteiger partial charge in [-0.1, -0.05) is 0 Å². The highest BCUT2D eigenvalue weighted by atomic mass is 19.4. The van der Waals surface area contributed by atoms with Crippen molar-refractivity contribution in [2.24, 2.45) is 0 Å². The highest BCUT2D eigenvalue weighted by Gasteiger charge is 2.92. The molecule has 0 spiro atoms. The van der Waals surface area contributed by atoms with Crippen LogP contribution in [0.5, 0.6) is 0 Å². The van der Waals surface area contributed by atoms with Crippen molar-refractivity contribution in [2.45, 2.75) is 35.8 Å². The molecule has 0 saturated carbocycles. The molecule has 1 unspecified atom stereocenters. The van der Waals surface area contributed by atoms with E-state index in [-0.39, 0.29) is 0 Å². The Balaban J connectivity index is 6.43. The molecular formula is C7F15. The predicted molar refractivity (Wildman–Crippen MR) is 36.2 cm³/mol. The zero-order valence-electron chi connectivity index (χ0n) is 9.17. The van der Waals surface area contributed by atoms with Gasteiger partial charge in [0.1, 0.15) is 0 Å². The molecule has 0 aromatic rings. The number of hydrogen-bond acceptors (Lipinski definition) is 0. The smallest absolute Gasteiger partial charge is 0.219 e. The molecule has 15 heteroatoms. The quantitative estimate of drug-likeness (QED) is 0.601. The lowest BCUT2D eigenvalue weighted by Gasteiger charge is -2.40. The van der Waals surface area contributed by atoms with Crippen LogP contribution in [0.25, 0.3) is 0 Å². The van der Waals surface area contributed by atoms with Gasteiger partial charge in [0.15, 0.2) is 0 Å². The van der Waals surface area contributed by atoms with Crippen LogP contribution in [0.1, 0.15) is 0 Å². The molecule has 0 aliphatic rings. The van der Waals surface area contributed by atoms with Crippen molar-refractivity contribution in [2.75, 3.05) is 0 Å². The van der Waals surface area contributed by atoms with Gasteiger partial charge < -0.3 is 0 Å². The fraction of sp³-hybridized carbons (Fsp3) is 0.857. The molecule has 0 rings (SSSR count). The van der Waals surface area contributed by atoms with Crippen LogP contribution in [-0.2, 0) is 0 Å². The fourth-order valence-corrected chi connectivity index (χ4v) is 0.995. The molecule has 0 fully saturated rings. The number of halogens is 15. The summed E-state index contributed by atoms with van der Waals surface area (Å²) in [6, 6.07) is 0. The summed E-state index contributed by atoms with van der Waals surface area (Å²) >= 11 is 0. The maximum Gasteiger partial charge on any atom is 0.460 e. The summed E-state index contributed by atoms with van der Waals surface area (Å²) < 4.78 is 182. The minimum atomic E-state index is -8.19. The summed E-state index contributed by atoms with van der Waals surface area (Å²) in [5.41, 5.74) is -7.74. The van der Waals surface area contributed by atoms with E-state index in [1.54, 1.807) is 0 Å². The van der Waals surface area contributed by atoms with Gasteiger partial charge in [-0.3, -0.25) is 0 Å². The van der Waals surface area contributed by atoms with E-state index in [4.69, 9.17) is 0 Å². The van der Waals surface area contributed by atoms with E-state index in [2.05, 4.69) is 0 Å². The Labute approximate surface area is 109 Å². The molecule has 1 radical (unpaired) electrons. The molecular weight excluding hydrogens is 369 g/mol. The second kappa shape index (κ2) is 4.97. The summed E-state index contributed by atoms with van der Waals surface area (Å²) in [6.45, 7) is 0. The largest absolute Gasteiger partial charge is 0.460 e. The maximum absolute atomic E-state index is 12.8. The lowest BCUT2D eigenvalue weighted by atomic mass is 9.88. The average Bonchev–Trinajstić information content (AvgIpc) is 2.23. The highest BCUT2D eigenvalue weighted by molar-refractivity contribution is 5.18. The topological polar surface area (TPSA) is 0 Å². The first-order valence-corrected chi connectivity index (χ1v) is 4.33. The Morgan fingerprint density at radius 2 is 0.727 bits per heavy atom. The average molecular weight is 369 g/mol. The van der Waals surface area contributed by atoms with Gasteiger partial charge in [0.2, 0.25) is 0 Å². The number of alkyl halides is 13. The summed E-state index contributed by atoms with van der Waals surface area (Å²) in [4.78, 5) is 0. The van der Waals surface area contributed by atoms with Crippen molar-refractivity contribution in [1.29, 1.82) is 0 Å². The van der Waals surface area contributed by atoms with Gasteiger partial charge >= 0.3 is 42.2 Å². The van der Waals surface area contributed by atoms with Gasteiger partial charge in [0.05, 0.1) is 0 Å². The van der Waals surface area contributed by atoms with E-state index >= 15 is 0 Å². The molecule has 0 amide bonds. The van der Waals surface area contributed by atoms with Gasteiger partial charge in [0, 0.05) is 0 Å². The zero-order valence-corrected chi connectivity index (χ0v) is 9.17. The predicted octanol–water partition coefficient (Wildman–Crippen LogP) is 5.15. The first kappa shape index (κ1) is 20.9. The second-order valence-corrected chi connectivity index (χ2v) is 3.64. The van der Waals surface area contributed by atoms with Crippen LogP contribution in [-0.4, -0.2) is 35.8 Å². The van der Waals surface area contributed by atoms with Gasteiger partial charge in [-0.25, -0.2) is 4.39 Å². The van der Waals surface area contributed by atoms with Crippen molar-refractivity contribution in [1.82, 2.24) is 0 Å². The Morgan fingerprint density at radius 3 is 0.909 bits per heavy atom. The summed E-state index contributed by atoms with van der Waals surface area (Å²) in [5.74, 6) is -24.3. The van der Waals surface area contributed by atoms with Crippen molar-refractivity contribution in [3.8, 4) is 0 Å². The normalized spacial score (nSPS) is 18.5. The van der Waals surface area contributed by atoms with Gasteiger partial charge in [-0.2, -0.15) is 61.5 Å². The first-order valence-electron chi connectivity index (χ1n) is 4.33. The third kappa shape index (κ3) is 2.45. The molecule has 0 saturated heterocycles. The molecule has 133 valence electrons. The summed E-state index contributed by atoms with van der Waals surface area (Å²) in [7, 11) is 0. The fourth-order valence-electron chi connectivity index (χ4n) is 0.995. The van der Waals surface area contributed by atoms with Crippen LogP contribution < -0.4 is 0 Å². The Kier molecular flexibility index (Phi) is 4.74. The molecule has 0 aliphatic heterocycles. The second-order valence-electron chi connectivity index (χ2n) is 3.64. The van der Waals surface area contributed by atoms with Crippen LogP contribution >= 0.6 is 0 Å².